The predicted octanol–water partition coefficient (Wildman–Crippen LogP) is 1.01. The molecule has 0 saturated carbocycles. The lowest BCUT2D eigenvalue weighted by atomic mass is 10.2. The van der Waals surface area contributed by atoms with Crippen LogP contribution >= 0.6 is 0 Å². The summed E-state index contributed by atoms with van der Waals surface area (Å²) in [5, 5.41) is 0. The van der Waals surface area contributed by atoms with Gasteiger partial charge in [-0.15, -0.1) is 0 Å². The van der Waals surface area contributed by atoms with Crippen LogP contribution in [0.25, 0.3) is 0 Å². The zero-order chi connectivity index (χ0) is 12.8. The first-order valence-corrected chi connectivity index (χ1v) is 5.91. The van der Waals surface area contributed by atoms with Crippen molar-refractivity contribution in [2.75, 3.05) is 18.5 Å². The monoisotopic (exact) mass is 243 g/mol. The maximum atomic E-state index is 5.53. The fourth-order valence-corrected chi connectivity index (χ4v) is 1.66. The molecule has 5 heteroatoms. The van der Waals surface area contributed by atoms with Gasteiger partial charge in [0, 0.05) is 32.2 Å². The lowest BCUT2D eigenvalue weighted by Crippen LogP contribution is -2.22. The maximum absolute atomic E-state index is 5.53. The van der Waals surface area contributed by atoms with Crippen molar-refractivity contribution in [3.8, 4) is 0 Å². The number of nitrogens with zero attached hydrogens (tertiary/aromatic N) is 4. The fraction of sp³-hybridized carbons (Fsp3) is 0.308. The number of pyridine rings is 1. The number of likely N-dealkylation sites (N-methyl/N-ethyl adjacent to an activating group) is 1. The zero-order valence-electron chi connectivity index (χ0n) is 10.5. The topological polar surface area (TPSA) is 67.9 Å². The van der Waals surface area contributed by atoms with E-state index in [1.54, 1.807) is 6.20 Å². The first-order valence-electron chi connectivity index (χ1n) is 5.91. The molecule has 0 aliphatic rings. The Bertz CT molecular complexity index is 486. The van der Waals surface area contributed by atoms with Crippen molar-refractivity contribution < 1.29 is 0 Å². The molecule has 2 aromatic heterocycles. The summed E-state index contributed by atoms with van der Waals surface area (Å²) in [6.07, 6.45) is 6.33. The highest BCUT2D eigenvalue weighted by atomic mass is 15.2. The lowest BCUT2D eigenvalue weighted by molar-refractivity contribution is 0.830. The van der Waals surface area contributed by atoms with E-state index in [0.717, 1.165) is 18.8 Å². The van der Waals surface area contributed by atoms with Crippen molar-refractivity contribution in [2.24, 2.45) is 5.73 Å². The average Bonchev–Trinajstić information content (AvgIpc) is 2.46. The second-order valence-corrected chi connectivity index (χ2v) is 4.06. The van der Waals surface area contributed by atoms with Crippen molar-refractivity contribution in [1.29, 1.82) is 0 Å². The minimum Gasteiger partial charge on any atom is -0.359 e. The molecule has 0 bridgehead atoms. The van der Waals surface area contributed by atoms with Gasteiger partial charge in [-0.25, -0.2) is 9.97 Å². The normalized spacial score (nSPS) is 10.3. The maximum Gasteiger partial charge on any atom is 0.144 e. The Balaban J connectivity index is 1.97. The quantitative estimate of drug-likeness (QED) is 0.848. The molecule has 2 rings (SSSR count). The molecule has 0 aromatic carbocycles. The highest BCUT2D eigenvalue weighted by Crippen LogP contribution is 2.09. The number of hydrogen-bond donors (Lipinski definition) is 1. The molecule has 0 spiro atoms. The molecule has 0 aliphatic heterocycles. The van der Waals surface area contributed by atoms with Crippen molar-refractivity contribution in [2.45, 2.75) is 13.0 Å². The Hall–Kier alpha value is -2.01. The first-order chi connectivity index (χ1) is 8.79. The van der Waals surface area contributed by atoms with Gasteiger partial charge < -0.3 is 10.6 Å². The summed E-state index contributed by atoms with van der Waals surface area (Å²) in [4.78, 5) is 14.6. The Kier molecular flexibility index (Phi) is 4.20. The van der Waals surface area contributed by atoms with Gasteiger partial charge in [0.15, 0.2) is 0 Å². The molecule has 0 unspecified atom stereocenters. The van der Waals surface area contributed by atoms with Gasteiger partial charge in [0.2, 0.25) is 0 Å². The Morgan fingerprint density at radius 3 is 2.67 bits per heavy atom. The highest BCUT2D eigenvalue weighted by Gasteiger charge is 2.04. The van der Waals surface area contributed by atoms with Crippen molar-refractivity contribution in [1.82, 2.24) is 15.0 Å². The van der Waals surface area contributed by atoms with Crippen LogP contribution in [-0.4, -0.2) is 28.5 Å². The molecule has 0 atom stereocenters. The van der Waals surface area contributed by atoms with E-state index in [0.29, 0.717) is 12.4 Å². The molecule has 2 heterocycles. The van der Waals surface area contributed by atoms with Crippen LogP contribution in [0.2, 0.25) is 0 Å². The Labute approximate surface area is 107 Å². The molecular weight excluding hydrogens is 226 g/mol. The summed E-state index contributed by atoms with van der Waals surface area (Å²) < 4.78 is 0. The average molecular weight is 243 g/mol. The van der Waals surface area contributed by atoms with Crippen LogP contribution in [0.5, 0.6) is 0 Å². The van der Waals surface area contributed by atoms with Gasteiger partial charge in [-0.2, -0.15) is 0 Å². The summed E-state index contributed by atoms with van der Waals surface area (Å²) in [5.41, 5.74) is 6.80. The van der Waals surface area contributed by atoms with Crippen LogP contribution in [-0.2, 0) is 13.0 Å². The molecule has 0 aliphatic carbocycles. The number of hydrogen-bond acceptors (Lipinski definition) is 5. The minimum absolute atomic E-state index is 0.367. The number of aromatic nitrogens is 3. The van der Waals surface area contributed by atoms with E-state index in [-0.39, 0.29) is 0 Å². The summed E-state index contributed by atoms with van der Waals surface area (Å²) in [6, 6.07) is 5.95. The summed E-state index contributed by atoms with van der Waals surface area (Å²) in [6.45, 7) is 1.26. The standard InChI is InChI=1S/C13H17N5/c1-18(9-5-11-2-6-15-7-3-11)13-4-8-16-12(10-14)17-13/h2-4,6-8H,5,9-10,14H2,1H3. The predicted molar refractivity (Wildman–Crippen MR) is 71.1 cm³/mol. The Morgan fingerprint density at radius 1 is 1.17 bits per heavy atom. The van der Waals surface area contributed by atoms with Gasteiger partial charge in [0.05, 0.1) is 6.54 Å². The molecule has 0 amide bonds. The van der Waals surface area contributed by atoms with Crippen LogP contribution in [0, 0.1) is 0 Å². The van der Waals surface area contributed by atoms with Gasteiger partial charge in [-0.1, -0.05) is 0 Å². The summed E-state index contributed by atoms with van der Waals surface area (Å²) in [5.74, 6) is 1.57. The van der Waals surface area contributed by atoms with E-state index in [4.69, 9.17) is 5.73 Å². The summed E-state index contributed by atoms with van der Waals surface area (Å²) >= 11 is 0. The molecular formula is C13H17N5. The van der Waals surface area contributed by atoms with Crippen LogP contribution in [0.3, 0.4) is 0 Å². The smallest absolute Gasteiger partial charge is 0.144 e. The first kappa shape index (κ1) is 12.4. The van der Waals surface area contributed by atoms with Gasteiger partial charge in [0.25, 0.3) is 0 Å². The Morgan fingerprint density at radius 2 is 1.94 bits per heavy atom. The van der Waals surface area contributed by atoms with E-state index in [9.17, 15) is 0 Å². The van der Waals surface area contributed by atoms with Gasteiger partial charge in [0.1, 0.15) is 11.6 Å². The van der Waals surface area contributed by atoms with E-state index in [2.05, 4.69) is 19.9 Å². The summed E-state index contributed by atoms with van der Waals surface area (Å²) in [7, 11) is 2.02. The van der Waals surface area contributed by atoms with Crippen molar-refractivity contribution in [3.05, 3.63) is 48.2 Å². The number of rotatable bonds is 5. The van der Waals surface area contributed by atoms with Crippen LogP contribution in [0.15, 0.2) is 36.8 Å². The third kappa shape index (κ3) is 3.24. The van der Waals surface area contributed by atoms with Gasteiger partial charge in [-0.05, 0) is 30.2 Å². The molecule has 0 saturated heterocycles. The van der Waals surface area contributed by atoms with Crippen molar-refractivity contribution >= 4 is 5.82 Å². The third-order valence-corrected chi connectivity index (χ3v) is 2.75. The third-order valence-electron chi connectivity index (χ3n) is 2.75. The van der Waals surface area contributed by atoms with E-state index in [1.807, 2.05) is 37.6 Å². The largest absolute Gasteiger partial charge is 0.359 e. The zero-order valence-corrected chi connectivity index (χ0v) is 10.5. The van der Waals surface area contributed by atoms with Gasteiger partial charge in [-0.3, -0.25) is 4.98 Å². The molecule has 2 aromatic rings. The van der Waals surface area contributed by atoms with E-state index < -0.39 is 0 Å². The lowest BCUT2D eigenvalue weighted by Gasteiger charge is -2.18. The van der Waals surface area contributed by atoms with E-state index in [1.165, 1.54) is 5.56 Å². The van der Waals surface area contributed by atoms with Crippen molar-refractivity contribution in [3.63, 3.8) is 0 Å². The molecule has 0 radical (unpaired) electrons. The number of anilines is 1. The van der Waals surface area contributed by atoms with Crippen LogP contribution in [0.1, 0.15) is 11.4 Å². The van der Waals surface area contributed by atoms with Crippen LogP contribution in [0.4, 0.5) is 5.82 Å². The minimum atomic E-state index is 0.367. The molecule has 18 heavy (non-hydrogen) atoms. The number of nitrogens with two attached hydrogens (primary N) is 1. The van der Waals surface area contributed by atoms with E-state index >= 15 is 0 Å². The molecule has 5 nitrogen and oxygen atoms in total. The van der Waals surface area contributed by atoms with Gasteiger partial charge >= 0.3 is 0 Å². The molecule has 94 valence electrons. The highest BCUT2D eigenvalue weighted by molar-refractivity contribution is 5.36. The second-order valence-electron chi connectivity index (χ2n) is 4.06. The van der Waals surface area contributed by atoms with Crippen LogP contribution < -0.4 is 10.6 Å². The molecule has 0 fully saturated rings. The fourth-order valence-electron chi connectivity index (χ4n) is 1.66. The second kappa shape index (κ2) is 6.07. The SMILES string of the molecule is CN(CCc1ccncc1)c1ccnc(CN)n1. The molecule has 2 N–H and O–H groups in total.